The zero-order valence-electron chi connectivity index (χ0n) is 18.0. The largest absolute Gasteiger partial charge is 0.354 e. The molecule has 7 heteroatoms. The van der Waals surface area contributed by atoms with Crippen LogP contribution < -0.4 is 5.32 Å². The Labute approximate surface area is 182 Å². The van der Waals surface area contributed by atoms with Crippen molar-refractivity contribution < 1.29 is 9.59 Å². The number of allylic oxidation sites excluding steroid dienone is 2. The Morgan fingerprint density at radius 1 is 1.13 bits per heavy atom. The number of nitrogens with one attached hydrogen (secondary N) is 1. The molecule has 1 saturated carbocycles. The van der Waals surface area contributed by atoms with Crippen LogP contribution in [0.4, 0.5) is 0 Å². The van der Waals surface area contributed by atoms with Crippen molar-refractivity contribution in [2.45, 2.75) is 57.4 Å². The first-order chi connectivity index (χ1) is 15.2. The fraction of sp³-hybridized carbons (Fsp3) is 0.583. The molecule has 2 atom stereocenters. The molecular weight excluding hydrogens is 390 g/mol. The van der Waals surface area contributed by atoms with Gasteiger partial charge in [0.25, 0.3) is 0 Å². The summed E-state index contributed by atoms with van der Waals surface area (Å²) in [6, 6.07) is 4.03. The summed E-state index contributed by atoms with van der Waals surface area (Å²) in [6.45, 7) is 2.75. The van der Waals surface area contributed by atoms with Crippen LogP contribution in [0.5, 0.6) is 0 Å². The quantitative estimate of drug-likeness (QED) is 0.727. The summed E-state index contributed by atoms with van der Waals surface area (Å²) in [7, 11) is 0. The summed E-state index contributed by atoms with van der Waals surface area (Å²) in [5.41, 5.74) is 1.90. The predicted octanol–water partition coefficient (Wildman–Crippen LogP) is 3.02. The Morgan fingerprint density at radius 2 is 2.03 bits per heavy atom. The second-order valence-electron chi connectivity index (χ2n) is 9.15. The van der Waals surface area contributed by atoms with Crippen molar-refractivity contribution in [3.05, 3.63) is 36.2 Å². The molecule has 3 aliphatic rings. The third kappa shape index (κ3) is 4.36. The zero-order chi connectivity index (χ0) is 21.2. The maximum atomic E-state index is 13.1. The summed E-state index contributed by atoms with van der Waals surface area (Å²) in [4.78, 5) is 31.7. The second kappa shape index (κ2) is 8.81. The van der Waals surface area contributed by atoms with Crippen LogP contribution >= 0.6 is 0 Å². The summed E-state index contributed by atoms with van der Waals surface area (Å²) in [5, 5.41) is 9.01. The van der Waals surface area contributed by atoms with Gasteiger partial charge >= 0.3 is 0 Å². The van der Waals surface area contributed by atoms with E-state index in [1.165, 1.54) is 0 Å². The minimum absolute atomic E-state index is 0.134. The number of hydrogen-bond acceptors (Lipinski definition) is 4. The van der Waals surface area contributed by atoms with E-state index in [0.717, 1.165) is 74.8 Å². The van der Waals surface area contributed by atoms with Crippen molar-refractivity contribution in [3.8, 4) is 0 Å². The van der Waals surface area contributed by atoms with Gasteiger partial charge in [0.1, 0.15) is 0 Å². The van der Waals surface area contributed by atoms with Crippen molar-refractivity contribution in [1.82, 2.24) is 25.0 Å². The maximum Gasteiger partial charge on any atom is 0.226 e. The van der Waals surface area contributed by atoms with Gasteiger partial charge in [-0.15, -0.1) is 0 Å². The van der Waals surface area contributed by atoms with Crippen molar-refractivity contribution >= 4 is 22.8 Å². The molecule has 2 amide bonds. The fourth-order valence-corrected chi connectivity index (χ4v) is 4.94. The molecule has 1 N–H and O–H groups in total. The van der Waals surface area contributed by atoms with Crippen molar-refractivity contribution in [2.75, 3.05) is 19.6 Å². The first kappa shape index (κ1) is 20.2. The number of aromatic nitrogens is 3. The molecule has 2 aliphatic carbocycles. The van der Waals surface area contributed by atoms with Crippen molar-refractivity contribution in [1.29, 1.82) is 0 Å². The first-order valence-electron chi connectivity index (χ1n) is 11.7. The Kier molecular flexibility index (Phi) is 5.74. The van der Waals surface area contributed by atoms with E-state index < -0.39 is 0 Å². The summed E-state index contributed by atoms with van der Waals surface area (Å²) in [5.74, 6) is 1.04. The fourth-order valence-electron chi connectivity index (χ4n) is 4.94. The lowest BCUT2D eigenvalue weighted by molar-refractivity contribution is -0.137. The molecule has 0 unspecified atom stereocenters. The smallest absolute Gasteiger partial charge is 0.226 e. The highest BCUT2D eigenvalue weighted by molar-refractivity contribution is 5.81. The molecule has 5 rings (SSSR count). The average molecular weight is 422 g/mol. The third-order valence-corrected chi connectivity index (χ3v) is 6.84. The summed E-state index contributed by atoms with van der Waals surface area (Å²) in [6.07, 6.45) is 13.0. The molecular formula is C24H31N5O2. The zero-order valence-corrected chi connectivity index (χ0v) is 18.0. The second-order valence-corrected chi connectivity index (χ2v) is 9.15. The SMILES string of the molecule is O=C(NCCn1nc([C@@H]2CCCN(C(=O)[C@@H]3CC=CCC3)C2)c2cccnc21)C1CC1. The van der Waals surface area contributed by atoms with E-state index in [9.17, 15) is 9.59 Å². The van der Waals surface area contributed by atoms with Gasteiger partial charge in [0.2, 0.25) is 11.8 Å². The summed E-state index contributed by atoms with van der Waals surface area (Å²) >= 11 is 0. The van der Waals surface area contributed by atoms with Crippen molar-refractivity contribution in [2.24, 2.45) is 11.8 Å². The van der Waals surface area contributed by atoms with E-state index in [2.05, 4.69) is 33.4 Å². The van der Waals surface area contributed by atoms with Gasteiger partial charge in [0.15, 0.2) is 5.65 Å². The van der Waals surface area contributed by atoms with Crippen LogP contribution in [0.3, 0.4) is 0 Å². The standard InChI is InChI=1S/C24H31N5O2/c30-23(17-10-11-17)26-13-15-29-22-20(9-4-12-25-22)21(27-29)19-8-5-14-28(16-19)24(31)18-6-2-1-3-7-18/h1-2,4,9,12,17-19H,3,5-8,10-11,13-16H2,(H,26,30)/t18-,19-/m1/s1. The van der Waals surface area contributed by atoms with E-state index in [1.54, 1.807) is 6.20 Å². The maximum absolute atomic E-state index is 13.1. The molecule has 7 nitrogen and oxygen atoms in total. The molecule has 0 spiro atoms. The monoisotopic (exact) mass is 421 g/mol. The van der Waals surface area contributed by atoms with Gasteiger partial charge in [0.05, 0.1) is 12.2 Å². The molecule has 0 aromatic carbocycles. The highest BCUT2D eigenvalue weighted by Gasteiger charge is 2.32. The normalized spacial score (nSPS) is 23.8. The molecule has 1 saturated heterocycles. The van der Waals surface area contributed by atoms with Gasteiger partial charge in [-0.3, -0.25) is 9.59 Å². The molecule has 1 aliphatic heterocycles. The van der Waals surface area contributed by atoms with E-state index in [1.807, 2.05) is 10.7 Å². The molecule has 164 valence electrons. The number of pyridine rings is 1. The van der Waals surface area contributed by atoms with Crippen LogP contribution in [0.1, 0.15) is 56.6 Å². The number of carbonyl (C=O) groups is 2. The summed E-state index contributed by atoms with van der Waals surface area (Å²) < 4.78 is 1.92. The molecule has 2 fully saturated rings. The predicted molar refractivity (Wildman–Crippen MR) is 118 cm³/mol. The van der Waals surface area contributed by atoms with Gasteiger partial charge in [-0.05, 0) is 57.1 Å². The van der Waals surface area contributed by atoms with Gasteiger partial charge in [-0.2, -0.15) is 5.10 Å². The Morgan fingerprint density at radius 3 is 2.84 bits per heavy atom. The lowest BCUT2D eigenvalue weighted by atomic mass is 9.89. The lowest BCUT2D eigenvalue weighted by Gasteiger charge is -2.35. The van der Waals surface area contributed by atoms with Crippen LogP contribution in [0.2, 0.25) is 0 Å². The van der Waals surface area contributed by atoms with Gasteiger partial charge < -0.3 is 10.2 Å². The highest BCUT2D eigenvalue weighted by Crippen LogP contribution is 2.33. The average Bonchev–Trinajstić information content (AvgIpc) is 3.61. The van der Waals surface area contributed by atoms with E-state index in [0.29, 0.717) is 19.0 Å². The minimum atomic E-state index is 0.134. The number of amides is 2. The topological polar surface area (TPSA) is 80.1 Å². The number of rotatable bonds is 6. The van der Waals surface area contributed by atoms with Gasteiger partial charge in [-0.25, -0.2) is 9.67 Å². The molecule has 31 heavy (non-hydrogen) atoms. The highest BCUT2D eigenvalue weighted by atomic mass is 16.2. The Hall–Kier alpha value is -2.70. The Balaban J connectivity index is 1.31. The number of piperidine rings is 1. The molecule has 3 heterocycles. The van der Waals surface area contributed by atoms with E-state index in [4.69, 9.17) is 5.10 Å². The van der Waals surface area contributed by atoms with Gasteiger partial charge in [-0.1, -0.05) is 12.2 Å². The lowest BCUT2D eigenvalue weighted by Crippen LogP contribution is -2.42. The molecule has 0 bridgehead atoms. The number of likely N-dealkylation sites (tertiary alicyclic amines) is 1. The van der Waals surface area contributed by atoms with Crippen LogP contribution in [0.25, 0.3) is 11.0 Å². The van der Waals surface area contributed by atoms with Crippen LogP contribution in [-0.4, -0.2) is 51.1 Å². The Bertz CT molecular complexity index is 993. The van der Waals surface area contributed by atoms with Crippen LogP contribution in [-0.2, 0) is 16.1 Å². The third-order valence-electron chi connectivity index (χ3n) is 6.84. The molecule has 2 aromatic rings. The number of fused-ring (bicyclic) bond motifs is 1. The first-order valence-corrected chi connectivity index (χ1v) is 11.7. The number of nitrogens with zero attached hydrogens (tertiary/aromatic N) is 4. The van der Waals surface area contributed by atoms with Gasteiger partial charge in [0, 0.05) is 49.0 Å². The van der Waals surface area contributed by atoms with E-state index in [-0.39, 0.29) is 23.7 Å². The number of hydrogen-bond donors (Lipinski definition) is 1. The molecule has 0 radical (unpaired) electrons. The van der Waals surface area contributed by atoms with E-state index >= 15 is 0 Å². The minimum Gasteiger partial charge on any atom is -0.354 e. The molecule has 2 aromatic heterocycles. The van der Waals surface area contributed by atoms with Crippen molar-refractivity contribution in [3.63, 3.8) is 0 Å². The van der Waals surface area contributed by atoms with Crippen LogP contribution in [0, 0.1) is 11.8 Å². The number of carbonyl (C=O) groups excluding carboxylic acids is 2. The van der Waals surface area contributed by atoms with Crippen LogP contribution in [0.15, 0.2) is 30.5 Å².